The molecule has 1 heterocycles. The van der Waals surface area contributed by atoms with Crippen molar-refractivity contribution < 1.29 is 4.39 Å². The molecule has 0 bridgehead atoms. The lowest BCUT2D eigenvalue weighted by Gasteiger charge is -1.99. The highest BCUT2D eigenvalue weighted by molar-refractivity contribution is 9.10. The normalized spacial score (nSPS) is 15.0. The first-order chi connectivity index (χ1) is 8.72. The van der Waals surface area contributed by atoms with Gasteiger partial charge in [-0.15, -0.1) is 0 Å². The van der Waals surface area contributed by atoms with Crippen LogP contribution in [0.5, 0.6) is 0 Å². The first-order valence-electron chi connectivity index (χ1n) is 5.95. The molecule has 1 fully saturated rings. The average molecular weight is 310 g/mol. The number of H-pyrrole nitrogens is 1. The first kappa shape index (κ1) is 11.9. The Labute approximate surface area is 113 Å². The van der Waals surface area contributed by atoms with Crippen LogP contribution in [0.15, 0.2) is 28.7 Å². The van der Waals surface area contributed by atoms with E-state index in [9.17, 15) is 4.39 Å². The molecule has 0 atom stereocenters. The van der Waals surface area contributed by atoms with Crippen LogP contribution < -0.4 is 5.32 Å². The third kappa shape index (κ3) is 2.62. The summed E-state index contributed by atoms with van der Waals surface area (Å²) in [7, 11) is 0. The molecule has 0 amide bonds. The van der Waals surface area contributed by atoms with E-state index in [0.29, 0.717) is 10.5 Å². The highest BCUT2D eigenvalue weighted by Gasteiger charge is 2.20. The van der Waals surface area contributed by atoms with Gasteiger partial charge >= 0.3 is 0 Å². The maximum atomic E-state index is 13.2. The fourth-order valence-corrected chi connectivity index (χ4v) is 2.18. The second kappa shape index (κ2) is 4.82. The van der Waals surface area contributed by atoms with Crippen molar-refractivity contribution in [1.82, 2.24) is 15.5 Å². The van der Waals surface area contributed by atoms with Crippen molar-refractivity contribution in [3.8, 4) is 11.3 Å². The monoisotopic (exact) mass is 309 g/mol. The number of rotatable bonds is 4. The molecule has 94 valence electrons. The third-order valence-corrected chi connectivity index (χ3v) is 3.61. The molecule has 0 saturated heterocycles. The SMILES string of the molecule is Fc1ccc(-c2cc(CNC3CC3)[nH]n2)cc1Br. The van der Waals surface area contributed by atoms with E-state index >= 15 is 0 Å². The molecule has 1 aromatic carbocycles. The van der Waals surface area contributed by atoms with Gasteiger partial charge in [-0.1, -0.05) is 0 Å². The number of hydrogen-bond acceptors (Lipinski definition) is 2. The van der Waals surface area contributed by atoms with Gasteiger partial charge in [-0.05, 0) is 53.0 Å². The van der Waals surface area contributed by atoms with Crippen LogP contribution in [0.25, 0.3) is 11.3 Å². The number of benzene rings is 1. The van der Waals surface area contributed by atoms with Gasteiger partial charge in [0.25, 0.3) is 0 Å². The van der Waals surface area contributed by atoms with E-state index in [1.165, 1.54) is 18.9 Å². The molecule has 0 spiro atoms. The van der Waals surface area contributed by atoms with Gasteiger partial charge in [-0.25, -0.2) is 4.39 Å². The van der Waals surface area contributed by atoms with E-state index in [0.717, 1.165) is 23.5 Å². The van der Waals surface area contributed by atoms with Gasteiger partial charge in [0.2, 0.25) is 0 Å². The Morgan fingerprint density at radius 3 is 2.94 bits per heavy atom. The molecular formula is C13H13BrFN3. The van der Waals surface area contributed by atoms with Gasteiger partial charge in [-0.2, -0.15) is 5.10 Å². The highest BCUT2D eigenvalue weighted by Crippen LogP contribution is 2.24. The molecule has 1 saturated carbocycles. The Kier molecular flexibility index (Phi) is 3.18. The molecule has 3 rings (SSSR count). The fraction of sp³-hybridized carbons (Fsp3) is 0.308. The van der Waals surface area contributed by atoms with E-state index in [-0.39, 0.29) is 5.82 Å². The summed E-state index contributed by atoms with van der Waals surface area (Å²) in [6.07, 6.45) is 2.54. The van der Waals surface area contributed by atoms with Crippen LogP contribution >= 0.6 is 15.9 Å². The zero-order valence-electron chi connectivity index (χ0n) is 9.71. The van der Waals surface area contributed by atoms with Crippen molar-refractivity contribution in [1.29, 1.82) is 0 Å². The lowest BCUT2D eigenvalue weighted by Crippen LogP contribution is -2.15. The van der Waals surface area contributed by atoms with Gasteiger partial charge in [0.05, 0.1) is 10.2 Å². The largest absolute Gasteiger partial charge is 0.308 e. The van der Waals surface area contributed by atoms with Crippen molar-refractivity contribution >= 4 is 15.9 Å². The summed E-state index contributed by atoms with van der Waals surface area (Å²) in [5.74, 6) is -0.259. The predicted octanol–water partition coefficient (Wildman–Crippen LogP) is 3.23. The summed E-state index contributed by atoms with van der Waals surface area (Å²) in [6, 6.07) is 7.58. The van der Waals surface area contributed by atoms with Crippen molar-refractivity contribution in [3.63, 3.8) is 0 Å². The molecule has 3 nitrogen and oxygen atoms in total. The molecular weight excluding hydrogens is 297 g/mol. The summed E-state index contributed by atoms with van der Waals surface area (Å²) in [5.41, 5.74) is 2.79. The van der Waals surface area contributed by atoms with E-state index in [1.54, 1.807) is 12.1 Å². The van der Waals surface area contributed by atoms with Crippen LogP contribution in [0, 0.1) is 5.82 Å². The standard InChI is InChI=1S/C13H13BrFN3/c14-11-5-8(1-4-12(11)15)13-6-10(17-18-13)7-16-9-2-3-9/h1,4-6,9,16H,2-3,7H2,(H,17,18). The van der Waals surface area contributed by atoms with E-state index in [4.69, 9.17) is 0 Å². The average Bonchev–Trinajstić information content (AvgIpc) is 3.08. The molecule has 1 aliphatic carbocycles. The minimum Gasteiger partial charge on any atom is -0.308 e. The van der Waals surface area contributed by atoms with Crippen LogP contribution in [0.4, 0.5) is 4.39 Å². The van der Waals surface area contributed by atoms with Gasteiger partial charge in [-0.3, -0.25) is 5.10 Å². The van der Waals surface area contributed by atoms with Crippen molar-refractivity contribution in [2.75, 3.05) is 0 Å². The number of aromatic amines is 1. The van der Waals surface area contributed by atoms with Gasteiger partial charge < -0.3 is 5.32 Å². The van der Waals surface area contributed by atoms with Crippen molar-refractivity contribution in [2.45, 2.75) is 25.4 Å². The predicted molar refractivity (Wildman–Crippen MR) is 71.5 cm³/mol. The maximum Gasteiger partial charge on any atom is 0.137 e. The Balaban J connectivity index is 1.76. The first-order valence-corrected chi connectivity index (χ1v) is 6.75. The lowest BCUT2D eigenvalue weighted by atomic mass is 10.1. The molecule has 1 aromatic heterocycles. The Hall–Kier alpha value is -1.20. The highest BCUT2D eigenvalue weighted by atomic mass is 79.9. The summed E-state index contributed by atoms with van der Waals surface area (Å²) >= 11 is 3.18. The number of nitrogens with zero attached hydrogens (tertiary/aromatic N) is 1. The van der Waals surface area contributed by atoms with Crippen molar-refractivity contribution in [2.24, 2.45) is 0 Å². The minimum atomic E-state index is -0.259. The molecule has 0 radical (unpaired) electrons. The quantitative estimate of drug-likeness (QED) is 0.910. The van der Waals surface area contributed by atoms with Crippen molar-refractivity contribution in [3.05, 3.63) is 40.2 Å². The molecule has 0 unspecified atom stereocenters. The smallest absolute Gasteiger partial charge is 0.137 e. The Bertz CT molecular complexity index is 563. The maximum absolute atomic E-state index is 13.2. The summed E-state index contributed by atoms with van der Waals surface area (Å²) in [5, 5.41) is 10.7. The van der Waals surface area contributed by atoms with Crippen LogP contribution in [0.2, 0.25) is 0 Å². The number of aromatic nitrogens is 2. The van der Waals surface area contributed by atoms with Gasteiger partial charge in [0, 0.05) is 23.8 Å². The Morgan fingerprint density at radius 1 is 1.39 bits per heavy atom. The van der Waals surface area contributed by atoms with E-state index < -0.39 is 0 Å². The molecule has 0 aliphatic heterocycles. The van der Waals surface area contributed by atoms with E-state index in [2.05, 4.69) is 31.4 Å². The number of hydrogen-bond donors (Lipinski definition) is 2. The molecule has 18 heavy (non-hydrogen) atoms. The van der Waals surface area contributed by atoms with Gasteiger partial charge in [0.1, 0.15) is 5.82 Å². The minimum absolute atomic E-state index is 0.259. The topological polar surface area (TPSA) is 40.7 Å². The zero-order chi connectivity index (χ0) is 12.5. The molecule has 2 N–H and O–H groups in total. The second-order valence-corrected chi connectivity index (χ2v) is 5.42. The fourth-order valence-electron chi connectivity index (χ4n) is 1.80. The van der Waals surface area contributed by atoms with Crippen LogP contribution in [0.1, 0.15) is 18.5 Å². The molecule has 5 heteroatoms. The summed E-state index contributed by atoms with van der Waals surface area (Å²) in [6.45, 7) is 0.806. The summed E-state index contributed by atoms with van der Waals surface area (Å²) in [4.78, 5) is 0. The van der Waals surface area contributed by atoms with E-state index in [1.807, 2.05) is 6.07 Å². The third-order valence-electron chi connectivity index (χ3n) is 3.00. The lowest BCUT2D eigenvalue weighted by molar-refractivity contribution is 0.621. The number of nitrogens with one attached hydrogen (secondary N) is 2. The number of halogens is 2. The molecule has 2 aromatic rings. The summed E-state index contributed by atoms with van der Waals surface area (Å²) < 4.78 is 13.6. The molecule has 1 aliphatic rings. The van der Waals surface area contributed by atoms with Crippen LogP contribution in [-0.4, -0.2) is 16.2 Å². The zero-order valence-corrected chi connectivity index (χ0v) is 11.3. The van der Waals surface area contributed by atoms with Crippen LogP contribution in [0.3, 0.4) is 0 Å². The second-order valence-electron chi connectivity index (χ2n) is 4.56. The van der Waals surface area contributed by atoms with Gasteiger partial charge in [0.15, 0.2) is 0 Å². The van der Waals surface area contributed by atoms with Crippen LogP contribution in [-0.2, 0) is 6.54 Å². The Morgan fingerprint density at radius 2 is 2.22 bits per heavy atom.